The summed E-state index contributed by atoms with van der Waals surface area (Å²) >= 11 is 0. The highest BCUT2D eigenvalue weighted by molar-refractivity contribution is 5.80. The fourth-order valence-corrected chi connectivity index (χ4v) is 8.01. The van der Waals surface area contributed by atoms with E-state index in [0.29, 0.717) is 12.8 Å². The lowest BCUT2D eigenvalue weighted by Crippen LogP contribution is -2.61. The first-order valence-electron chi connectivity index (χ1n) is 27.6. The zero-order valence-corrected chi connectivity index (χ0v) is 43.8. The molecule has 0 radical (unpaired) electrons. The van der Waals surface area contributed by atoms with Crippen LogP contribution in [0, 0.1) is 0 Å². The number of aliphatic hydroxyl groups excluding tert-OH is 5. The second-order valence-electron chi connectivity index (χ2n) is 18.7. The molecule has 11 heteroatoms. The average molecular weight is 982 g/mol. The summed E-state index contributed by atoms with van der Waals surface area (Å²) in [5.41, 5.74) is 0. The Morgan fingerprint density at radius 2 is 1.03 bits per heavy atom. The largest absolute Gasteiger partial charge is 0.454 e. The van der Waals surface area contributed by atoms with Gasteiger partial charge in [0.15, 0.2) is 12.4 Å². The molecular formula is C59H99NO10. The van der Waals surface area contributed by atoms with Crippen LogP contribution in [-0.2, 0) is 23.8 Å². The zero-order chi connectivity index (χ0) is 51.1. The number of unbranched alkanes of at least 4 members (excludes halogenated alkanes) is 21. The highest BCUT2D eigenvalue weighted by Gasteiger charge is 2.47. The van der Waals surface area contributed by atoms with Crippen molar-refractivity contribution in [2.45, 2.75) is 250 Å². The molecule has 6 N–H and O–H groups in total. The molecule has 1 aliphatic heterocycles. The van der Waals surface area contributed by atoms with Crippen molar-refractivity contribution in [3.8, 4) is 0 Å². The molecule has 1 amide bonds. The summed E-state index contributed by atoms with van der Waals surface area (Å²) in [5, 5.41) is 56.7. The number of amides is 1. The highest BCUT2D eigenvalue weighted by atomic mass is 16.7. The molecule has 1 fully saturated rings. The van der Waals surface area contributed by atoms with Crippen molar-refractivity contribution in [1.29, 1.82) is 0 Å². The Balaban J connectivity index is 2.78. The number of hydrogen-bond donors (Lipinski definition) is 6. The van der Waals surface area contributed by atoms with Gasteiger partial charge in [-0.25, -0.2) is 0 Å². The van der Waals surface area contributed by atoms with Crippen LogP contribution in [0.5, 0.6) is 0 Å². The van der Waals surface area contributed by atoms with Crippen molar-refractivity contribution in [1.82, 2.24) is 5.32 Å². The number of rotatable bonds is 44. The molecule has 0 aliphatic carbocycles. The van der Waals surface area contributed by atoms with Gasteiger partial charge in [-0.2, -0.15) is 0 Å². The minimum Gasteiger partial charge on any atom is -0.454 e. The molecule has 0 aromatic rings. The quantitative estimate of drug-likeness (QED) is 0.0149. The SMILES string of the molecule is CC/C=C/C=C/C=C/C=C\CCCCCCC(O)C(=O)NC(COC1OC(CO)C(O)C(O)C1OC(=O)CCCCCCCCC/C=C/C=C/C=C/CC)C(O)/C=C/CCCCCCCCCCCC. The summed E-state index contributed by atoms with van der Waals surface area (Å²) in [5.74, 6) is -1.24. The van der Waals surface area contributed by atoms with Crippen LogP contribution in [0.2, 0.25) is 0 Å². The Morgan fingerprint density at radius 3 is 1.54 bits per heavy atom. The molecule has 0 bridgehead atoms. The van der Waals surface area contributed by atoms with E-state index in [1.165, 1.54) is 44.9 Å². The van der Waals surface area contributed by atoms with Gasteiger partial charge in [0.25, 0.3) is 0 Å². The maximum absolute atomic E-state index is 13.3. The van der Waals surface area contributed by atoms with Crippen LogP contribution in [-0.4, -0.2) is 99.6 Å². The number of hydrogen-bond acceptors (Lipinski definition) is 10. The van der Waals surface area contributed by atoms with E-state index in [1.807, 2.05) is 54.7 Å². The molecule has 1 heterocycles. The summed E-state index contributed by atoms with van der Waals surface area (Å²) in [4.78, 5) is 26.4. The molecule has 1 aliphatic rings. The van der Waals surface area contributed by atoms with E-state index >= 15 is 0 Å². The van der Waals surface area contributed by atoms with Gasteiger partial charge in [-0.1, -0.05) is 227 Å². The minimum atomic E-state index is -1.63. The Morgan fingerprint density at radius 1 is 0.571 bits per heavy atom. The molecule has 70 heavy (non-hydrogen) atoms. The molecule has 8 unspecified atom stereocenters. The normalized spacial score (nSPS) is 20.5. The van der Waals surface area contributed by atoms with E-state index in [1.54, 1.807) is 6.08 Å². The smallest absolute Gasteiger partial charge is 0.306 e. The van der Waals surface area contributed by atoms with Crippen LogP contribution in [0.3, 0.4) is 0 Å². The Kier molecular flexibility index (Phi) is 43.0. The van der Waals surface area contributed by atoms with Gasteiger partial charge in [-0.3, -0.25) is 9.59 Å². The monoisotopic (exact) mass is 982 g/mol. The summed E-state index contributed by atoms with van der Waals surface area (Å²) < 4.78 is 17.5. The third kappa shape index (κ3) is 34.8. The number of esters is 1. The lowest BCUT2D eigenvalue weighted by molar-refractivity contribution is -0.305. The maximum atomic E-state index is 13.3. The van der Waals surface area contributed by atoms with Crippen molar-refractivity contribution in [3.63, 3.8) is 0 Å². The lowest BCUT2D eigenvalue weighted by Gasteiger charge is -2.41. The van der Waals surface area contributed by atoms with Gasteiger partial charge in [-0.05, 0) is 64.2 Å². The number of nitrogens with one attached hydrogen (secondary N) is 1. The Hall–Kier alpha value is -3.42. The molecule has 8 atom stereocenters. The number of ether oxygens (including phenoxy) is 3. The van der Waals surface area contributed by atoms with E-state index in [0.717, 1.165) is 109 Å². The van der Waals surface area contributed by atoms with Crippen LogP contribution < -0.4 is 5.32 Å². The van der Waals surface area contributed by atoms with Crippen LogP contribution in [0.15, 0.2) is 97.2 Å². The summed E-state index contributed by atoms with van der Waals surface area (Å²) in [6.45, 7) is 5.46. The van der Waals surface area contributed by atoms with Crippen molar-refractivity contribution < 1.29 is 49.3 Å². The summed E-state index contributed by atoms with van der Waals surface area (Å²) in [7, 11) is 0. The average Bonchev–Trinajstić information content (AvgIpc) is 3.36. The molecule has 0 aromatic carbocycles. The Labute approximate surface area is 425 Å². The Bertz CT molecular complexity index is 1500. The predicted molar refractivity (Wildman–Crippen MR) is 287 cm³/mol. The van der Waals surface area contributed by atoms with E-state index in [9.17, 15) is 35.1 Å². The highest BCUT2D eigenvalue weighted by Crippen LogP contribution is 2.26. The van der Waals surface area contributed by atoms with Crippen LogP contribution in [0.25, 0.3) is 0 Å². The van der Waals surface area contributed by atoms with Gasteiger partial charge in [0.05, 0.1) is 25.4 Å². The number of carbonyl (C=O) groups is 2. The van der Waals surface area contributed by atoms with Gasteiger partial charge < -0.3 is 45.1 Å². The van der Waals surface area contributed by atoms with Crippen LogP contribution in [0.4, 0.5) is 0 Å². The number of carbonyl (C=O) groups excluding carboxylic acids is 2. The molecule has 0 aromatic heterocycles. The summed E-state index contributed by atoms with van der Waals surface area (Å²) in [6.07, 6.45) is 50.2. The van der Waals surface area contributed by atoms with E-state index < -0.39 is 67.4 Å². The van der Waals surface area contributed by atoms with Crippen LogP contribution in [0.1, 0.15) is 201 Å². The minimum absolute atomic E-state index is 0.102. The van der Waals surface area contributed by atoms with E-state index in [-0.39, 0.29) is 19.4 Å². The third-order valence-corrected chi connectivity index (χ3v) is 12.4. The van der Waals surface area contributed by atoms with Crippen molar-refractivity contribution >= 4 is 11.9 Å². The second-order valence-corrected chi connectivity index (χ2v) is 18.7. The van der Waals surface area contributed by atoms with Crippen LogP contribution >= 0.6 is 0 Å². The van der Waals surface area contributed by atoms with Gasteiger partial charge >= 0.3 is 5.97 Å². The van der Waals surface area contributed by atoms with Gasteiger partial charge in [-0.15, -0.1) is 0 Å². The van der Waals surface area contributed by atoms with Crippen molar-refractivity contribution in [3.05, 3.63) is 97.2 Å². The van der Waals surface area contributed by atoms with Crippen molar-refractivity contribution in [2.24, 2.45) is 0 Å². The first-order chi connectivity index (χ1) is 34.2. The summed E-state index contributed by atoms with van der Waals surface area (Å²) in [6, 6.07) is -1.04. The molecule has 11 nitrogen and oxygen atoms in total. The van der Waals surface area contributed by atoms with Gasteiger partial charge in [0, 0.05) is 6.42 Å². The maximum Gasteiger partial charge on any atom is 0.306 e. The van der Waals surface area contributed by atoms with E-state index in [4.69, 9.17) is 14.2 Å². The fourth-order valence-electron chi connectivity index (χ4n) is 8.01. The first kappa shape index (κ1) is 64.6. The first-order valence-corrected chi connectivity index (χ1v) is 27.6. The predicted octanol–water partition coefficient (Wildman–Crippen LogP) is 12.0. The molecular weight excluding hydrogens is 883 g/mol. The molecule has 1 saturated heterocycles. The molecule has 0 spiro atoms. The second kappa shape index (κ2) is 46.6. The number of allylic oxidation sites excluding steroid dienone is 15. The topological polar surface area (TPSA) is 175 Å². The van der Waals surface area contributed by atoms with Gasteiger partial charge in [0.2, 0.25) is 5.91 Å². The molecule has 1 rings (SSSR count). The standard InChI is InChI=1S/C59H99NO10/c1-4-7-10-13-16-19-22-25-27-29-32-35-38-41-44-47-54(64)70-57-56(66)55(65)53(48-61)69-59(57)68-49-50(51(62)45-42-39-36-33-30-24-21-18-15-12-9-6-3)60-58(67)52(63)46-43-40-37-34-31-28-26-23-20-17-14-11-8-5-2/h7-8,10-11,13-14,16-17,19-20,22-23,26,28,42,45,50-53,55-57,59,61-63,65-66H,4-6,9,12,15,18,21,24-25,27,29-41,43-44,46-49H2,1-3H3,(H,60,67)/b10-7+,11-8+,16-13+,17-14+,22-19+,23-20+,28-26-,45-42+. The molecule has 0 saturated carbocycles. The third-order valence-electron chi connectivity index (χ3n) is 12.4. The fraction of sp³-hybridized carbons (Fsp3) is 0.695. The lowest BCUT2D eigenvalue weighted by atomic mass is 9.99. The zero-order valence-electron chi connectivity index (χ0n) is 43.8. The molecule has 400 valence electrons. The van der Waals surface area contributed by atoms with Crippen molar-refractivity contribution in [2.75, 3.05) is 13.2 Å². The van der Waals surface area contributed by atoms with E-state index in [2.05, 4.69) is 62.5 Å². The van der Waals surface area contributed by atoms with Gasteiger partial charge in [0.1, 0.15) is 24.4 Å². The number of aliphatic hydroxyl groups is 5.